The summed E-state index contributed by atoms with van der Waals surface area (Å²) in [4.78, 5) is 11.7. The van der Waals surface area contributed by atoms with Gasteiger partial charge in [-0.25, -0.2) is 17.2 Å². The summed E-state index contributed by atoms with van der Waals surface area (Å²) in [5.74, 6) is -3.19. The number of aryl methyl sites for hydroxylation is 1. The van der Waals surface area contributed by atoms with Crippen LogP contribution in [0.25, 0.3) is 0 Å². The molecule has 1 aromatic carbocycles. The molecule has 2 aromatic rings. The van der Waals surface area contributed by atoms with E-state index in [9.17, 15) is 35.2 Å². The lowest BCUT2D eigenvalue weighted by Crippen LogP contribution is -2.42. The van der Waals surface area contributed by atoms with Gasteiger partial charge in [0, 0.05) is 25.0 Å². The summed E-state index contributed by atoms with van der Waals surface area (Å²) in [6.07, 6.45) is -3.83. The Labute approximate surface area is 151 Å². The van der Waals surface area contributed by atoms with E-state index >= 15 is 0 Å². The maximum Gasteiger partial charge on any atom is 0.404 e. The van der Waals surface area contributed by atoms with E-state index in [1.165, 1.54) is 11.8 Å². The molecule has 1 heterocycles. The van der Waals surface area contributed by atoms with Gasteiger partial charge >= 0.3 is 6.18 Å². The smallest absolute Gasteiger partial charge is 0.345 e. The molecule has 0 aliphatic rings. The molecule has 0 radical (unpaired) electrons. The first-order valence-corrected chi connectivity index (χ1v) is 8.81. The van der Waals surface area contributed by atoms with Crippen LogP contribution in [0.3, 0.4) is 0 Å². The molecule has 2 N–H and O–H groups in total. The number of carbonyl (C=O) groups is 1. The Morgan fingerprint density at radius 3 is 2.33 bits per heavy atom. The fourth-order valence-electron chi connectivity index (χ4n) is 2.04. The lowest BCUT2D eigenvalue weighted by molar-refractivity contribution is -0.147. The highest BCUT2D eigenvalue weighted by Gasteiger charge is 2.39. The van der Waals surface area contributed by atoms with Crippen molar-refractivity contribution in [3.8, 4) is 0 Å². The summed E-state index contributed by atoms with van der Waals surface area (Å²) in [5, 5.41) is 2.24. The Balaban J connectivity index is 2.24. The zero-order valence-corrected chi connectivity index (χ0v) is 14.8. The number of rotatable bonds is 5. The number of sulfonamides is 1. The standard InChI is InChI=1S/C15H14F5N3O3S/c1-8(15(18,19)20)22-27(25,26)10-6-13(23(2)7-10)14(24)21-9-3-4-11(16)12(17)5-9/h3-8,22H,1-2H3,(H,21,24)/t8-/m1/s1. The van der Waals surface area contributed by atoms with E-state index in [1.807, 2.05) is 0 Å². The van der Waals surface area contributed by atoms with Crippen LogP contribution in [0, 0.1) is 11.6 Å². The van der Waals surface area contributed by atoms with Crippen molar-refractivity contribution >= 4 is 21.6 Å². The molecule has 12 heteroatoms. The minimum Gasteiger partial charge on any atom is -0.345 e. The first-order chi connectivity index (χ1) is 12.3. The molecule has 2 rings (SSSR count). The Hall–Kier alpha value is -2.47. The molecule has 0 saturated carbocycles. The van der Waals surface area contributed by atoms with Crippen molar-refractivity contribution in [2.24, 2.45) is 7.05 Å². The van der Waals surface area contributed by atoms with Crippen molar-refractivity contribution in [3.05, 3.63) is 47.8 Å². The number of benzene rings is 1. The fraction of sp³-hybridized carbons (Fsp3) is 0.267. The first-order valence-electron chi connectivity index (χ1n) is 7.33. The van der Waals surface area contributed by atoms with E-state index < -0.39 is 44.7 Å². The van der Waals surface area contributed by atoms with Crippen LogP contribution >= 0.6 is 0 Å². The van der Waals surface area contributed by atoms with E-state index in [2.05, 4.69) is 5.32 Å². The molecule has 1 atom stereocenters. The number of amides is 1. The van der Waals surface area contributed by atoms with Gasteiger partial charge in [0.25, 0.3) is 5.91 Å². The average Bonchev–Trinajstić information content (AvgIpc) is 2.92. The van der Waals surface area contributed by atoms with Crippen molar-refractivity contribution in [3.63, 3.8) is 0 Å². The molecule has 27 heavy (non-hydrogen) atoms. The summed E-state index contributed by atoms with van der Waals surface area (Å²) in [7, 11) is -3.25. The van der Waals surface area contributed by atoms with Crippen molar-refractivity contribution in [1.82, 2.24) is 9.29 Å². The highest BCUT2D eigenvalue weighted by atomic mass is 32.2. The third-order valence-corrected chi connectivity index (χ3v) is 5.03. The molecule has 148 valence electrons. The Morgan fingerprint density at radius 2 is 1.78 bits per heavy atom. The maximum absolute atomic E-state index is 13.2. The van der Waals surface area contributed by atoms with Crippen LogP contribution in [-0.4, -0.2) is 31.1 Å². The molecule has 0 unspecified atom stereocenters. The molecule has 0 aliphatic heterocycles. The van der Waals surface area contributed by atoms with Gasteiger partial charge in [-0.1, -0.05) is 0 Å². The SMILES string of the molecule is C[C@@H](NS(=O)(=O)c1cc(C(=O)Nc2ccc(F)c(F)c2)n(C)c1)C(F)(F)F. The predicted octanol–water partition coefficient (Wildman–Crippen LogP) is 2.78. The lowest BCUT2D eigenvalue weighted by Gasteiger charge is -2.16. The van der Waals surface area contributed by atoms with Gasteiger partial charge < -0.3 is 9.88 Å². The Morgan fingerprint density at radius 1 is 1.15 bits per heavy atom. The largest absolute Gasteiger partial charge is 0.404 e. The third kappa shape index (κ3) is 4.83. The second-order valence-corrected chi connectivity index (χ2v) is 7.35. The first kappa shape index (κ1) is 20.8. The van der Waals surface area contributed by atoms with Crippen molar-refractivity contribution in [2.45, 2.75) is 24.0 Å². The molecule has 0 saturated heterocycles. The summed E-state index contributed by atoms with van der Waals surface area (Å²) < 4.78 is 90.4. The monoisotopic (exact) mass is 411 g/mol. The van der Waals surface area contributed by atoms with E-state index in [1.54, 1.807) is 0 Å². The number of alkyl halides is 3. The van der Waals surface area contributed by atoms with E-state index in [0.29, 0.717) is 6.92 Å². The summed E-state index contributed by atoms with van der Waals surface area (Å²) in [6.45, 7) is 0.636. The molecule has 0 spiro atoms. The summed E-state index contributed by atoms with van der Waals surface area (Å²) in [6, 6.07) is 1.13. The lowest BCUT2D eigenvalue weighted by atomic mass is 10.3. The van der Waals surface area contributed by atoms with Crippen molar-refractivity contribution in [2.75, 3.05) is 5.32 Å². The quantitative estimate of drug-likeness (QED) is 0.743. The zero-order chi connectivity index (χ0) is 20.6. The second-order valence-electron chi connectivity index (χ2n) is 5.64. The Bertz CT molecular complexity index is 970. The van der Waals surface area contributed by atoms with Crippen LogP contribution in [0.5, 0.6) is 0 Å². The highest BCUT2D eigenvalue weighted by molar-refractivity contribution is 7.89. The molecule has 0 aliphatic carbocycles. The van der Waals surface area contributed by atoms with Crippen LogP contribution in [-0.2, 0) is 17.1 Å². The van der Waals surface area contributed by atoms with Gasteiger partial charge in [-0.3, -0.25) is 4.79 Å². The van der Waals surface area contributed by atoms with Gasteiger partial charge in [-0.05, 0) is 25.1 Å². The van der Waals surface area contributed by atoms with Gasteiger partial charge in [-0.2, -0.15) is 17.9 Å². The molecular weight excluding hydrogens is 397 g/mol. The van der Waals surface area contributed by atoms with Crippen LogP contribution in [0.1, 0.15) is 17.4 Å². The minimum absolute atomic E-state index is 0.0895. The van der Waals surface area contributed by atoms with Crippen LogP contribution in [0.4, 0.5) is 27.6 Å². The van der Waals surface area contributed by atoms with Crippen LogP contribution in [0.15, 0.2) is 35.4 Å². The van der Waals surface area contributed by atoms with E-state index in [-0.39, 0.29) is 11.4 Å². The van der Waals surface area contributed by atoms with E-state index in [0.717, 1.165) is 35.0 Å². The fourth-order valence-corrected chi connectivity index (χ4v) is 3.34. The number of nitrogens with one attached hydrogen (secondary N) is 2. The molecule has 0 bridgehead atoms. The van der Waals surface area contributed by atoms with Crippen molar-refractivity contribution < 1.29 is 35.2 Å². The van der Waals surface area contributed by atoms with Crippen LogP contribution in [0.2, 0.25) is 0 Å². The minimum atomic E-state index is -4.78. The number of carbonyl (C=O) groups excluding carboxylic acids is 1. The molecule has 1 amide bonds. The molecule has 1 aromatic heterocycles. The summed E-state index contributed by atoms with van der Waals surface area (Å²) in [5.41, 5.74) is -0.312. The number of anilines is 1. The second kappa shape index (κ2) is 7.27. The number of halogens is 5. The summed E-state index contributed by atoms with van der Waals surface area (Å²) >= 11 is 0. The molecule has 0 fully saturated rings. The van der Waals surface area contributed by atoms with Gasteiger partial charge in [0.05, 0.1) is 0 Å². The molecule has 6 nitrogen and oxygen atoms in total. The van der Waals surface area contributed by atoms with Crippen LogP contribution < -0.4 is 10.0 Å². The predicted molar refractivity (Wildman–Crippen MR) is 85.6 cm³/mol. The van der Waals surface area contributed by atoms with Gasteiger partial charge in [0.15, 0.2) is 11.6 Å². The number of nitrogens with zero attached hydrogens (tertiary/aromatic N) is 1. The normalized spacial score (nSPS) is 13.4. The van der Waals surface area contributed by atoms with Gasteiger partial charge in [0.2, 0.25) is 10.0 Å². The average molecular weight is 411 g/mol. The van der Waals surface area contributed by atoms with Gasteiger partial charge in [-0.15, -0.1) is 0 Å². The number of aromatic nitrogens is 1. The Kier molecular flexibility index (Phi) is 5.61. The number of hydrogen-bond donors (Lipinski definition) is 2. The highest BCUT2D eigenvalue weighted by Crippen LogP contribution is 2.23. The van der Waals surface area contributed by atoms with E-state index in [4.69, 9.17) is 0 Å². The zero-order valence-electron chi connectivity index (χ0n) is 13.9. The topological polar surface area (TPSA) is 80.2 Å². The van der Waals surface area contributed by atoms with Crippen molar-refractivity contribution in [1.29, 1.82) is 0 Å². The third-order valence-electron chi connectivity index (χ3n) is 3.52. The molecular formula is C15H14F5N3O3S. The maximum atomic E-state index is 13.2. The van der Waals surface area contributed by atoms with Gasteiger partial charge in [0.1, 0.15) is 16.6 Å². The number of hydrogen-bond acceptors (Lipinski definition) is 3.